The molecule has 3 aromatic carbocycles. The highest BCUT2D eigenvalue weighted by Crippen LogP contribution is 2.51. The summed E-state index contributed by atoms with van der Waals surface area (Å²) in [5, 5.41) is 12.2. The standard InChI is InChI=1S/C38H37N5O5S/c1-24-31(19-26(21-39)38(45)41-24)25-9-12-28(13-10-25)48-23-36(44)40-17-18-42(2)22-27-11-16-33-37(30-15-14-29(46-3)20-34(30)47-4)49-35-8-6-5-7-32(35)43(27)33/h5-16,19-20,37H,17-18,22-23H2,1-4H3,(H,40,44)(H,41,45). The molecule has 250 valence electrons. The van der Waals surface area contributed by atoms with Gasteiger partial charge in [-0.2, -0.15) is 5.26 Å². The monoisotopic (exact) mass is 675 g/mol. The number of aromatic amines is 1. The van der Waals surface area contributed by atoms with Gasteiger partial charge < -0.3 is 29.1 Å². The number of amides is 1. The number of pyridine rings is 1. The Balaban J connectivity index is 1.05. The highest BCUT2D eigenvalue weighted by molar-refractivity contribution is 8.00. The van der Waals surface area contributed by atoms with Gasteiger partial charge in [-0.1, -0.05) is 30.3 Å². The molecular weight excluding hydrogens is 639 g/mol. The summed E-state index contributed by atoms with van der Waals surface area (Å²) in [6.45, 7) is 3.48. The summed E-state index contributed by atoms with van der Waals surface area (Å²) in [4.78, 5) is 30.6. The lowest BCUT2D eigenvalue weighted by molar-refractivity contribution is -0.123. The lowest BCUT2D eigenvalue weighted by Gasteiger charge is -2.30. The van der Waals surface area contributed by atoms with E-state index in [9.17, 15) is 14.9 Å². The number of benzene rings is 3. The summed E-state index contributed by atoms with van der Waals surface area (Å²) in [6, 6.07) is 29.5. The lowest BCUT2D eigenvalue weighted by Crippen LogP contribution is -2.35. The molecule has 0 fully saturated rings. The molecule has 10 nitrogen and oxygen atoms in total. The van der Waals surface area contributed by atoms with E-state index in [1.807, 2.05) is 49.1 Å². The number of fused-ring (bicyclic) bond motifs is 3. The average Bonchev–Trinajstić information content (AvgIpc) is 3.54. The number of aryl methyl sites for hydroxylation is 1. The largest absolute Gasteiger partial charge is 0.497 e. The number of ether oxygens (including phenoxy) is 3. The number of nitrogens with zero attached hydrogens (tertiary/aromatic N) is 3. The maximum Gasteiger partial charge on any atom is 0.266 e. The molecule has 0 radical (unpaired) electrons. The van der Waals surface area contributed by atoms with Crippen molar-refractivity contribution in [3.05, 3.63) is 123 Å². The fraction of sp³-hybridized carbons (Fsp3) is 0.237. The van der Waals surface area contributed by atoms with Crippen molar-refractivity contribution in [2.45, 2.75) is 23.6 Å². The third-order valence-corrected chi connectivity index (χ3v) is 9.81. The number of hydrogen-bond donors (Lipinski definition) is 2. The van der Waals surface area contributed by atoms with E-state index >= 15 is 0 Å². The second-order valence-corrected chi connectivity index (χ2v) is 12.9. The van der Waals surface area contributed by atoms with E-state index in [0.29, 0.717) is 31.1 Å². The first kappa shape index (κ1) is 33.5. The predicted octanol–water partition coefficient (Wildman–Crippen LogP) is 5.85. The van der Waals surface area contributed by atoms with E-state index in [4.69, 9.17) is 14.2 Å². The van der Waals surface area contributed by atoms with Crippen LogP contribution in [0, 0.1) is 18.3 Å². The number of rotatable bonds is 12. The van der Waals surface area contributed by atoms with Crippen molar-refractivity contribution in [2.75, 3.05) is 41.0 Å². The molecule has 2 aromatic heterocycles. The van der Waals surface area contributed by atoms with Crippen molar-refractivity contribution in [2.24, 2.45) is 0 Å². The number of carbonyl (C=O) groups is 1. The highest BCUT2D eigenvalue weighted by Gasteiger charge is 2.30. The number of H-pyrrole nitrogens is 1. The van der Waals surface area contributed by atoms with Gasteiger partial charge in [-0.05, 0) is 68.1 Å². The second kappa shape index (κ2) is 14.8. The molecule has 0 bridgehead atoms. The Bertz CT molecular complexity index is 2080. The maximum atomic E-state index is 12.6. The number of likely N-dealkylation sites (N-methyl/N-ethyl adjacent to an activating group) is 1. The van der Waals surface area contributed by atoms with Crippen LogP contribution in [-0.4, -0.2) is 61.3 Å². The Labute approximate surface area is 289 Å². The zero-order valence-corrected chi connectivity index (χ0v) is 28.6. The topological polar surface area (TPSA) is 122 Å². The van der Waals surface area contributed by atoms with Gasteiger partial charge in [-0.25, -0.2) is 0 Å². The number of nitriles is 1. The van der Waals surface area contributed by atoms with Crippen molar-refractivity contribution in [3.63, 3.8) is 0 Å². The Morgan fingerprint density at radius 2 is 1.80 bits per heavy atom. The summed E-state index contributed by atoms with van der Waals surface area (Å²) in [6.07, 6.45) is 0. The summed E-state index contributed by atoms with van der Waals surface area (Å²) < 4.78 is 19.3. The van der Waals surface area contributed by atoms with Gasteiger partial charge >= 0.3 is 0 Å². The number of carbonyl (C=O) groups excluding carboxylic acids is 1. The summed E-state index contributed by atoms with van der Waals surface area (Å²) in [5.41, 5.74) is 6.46. The molecule has 11 heteroatoms. The van der Waals surface area contributed by atoms with E-state index in [0.717, 1.165) is 39.6 Å². The molecule has 0 saturated carbocycles. The summed E-state index contributed by atoms with van der Waals surface area (Å²) in [7, 11) is 5.38. The second-order valence-electron chi connectivity index (χ2n) is 11.7. The number of methoxy groups -OCH3 is 2. The van der Waals surface area contributed by atoms with Crippen LogP contribution in [0.3, 0.4) is 0 Å². The fourth-order valence-electron chi connectivity index (χ4n) is 5.98. The minimum Gasteiger partial charge on any atom is -0.497 e. The molecule has 0 saturated heterocycles. The van der Waals surface area contributed by atoms with Crippen LogP contribution in [0.2, 0.25) is 0 Å². The van der Waals surface area contributed by atoms with Crippen LogP contribution in [0.4, 0.5) is 0 Å². The average molecular weight is 676 g/mol. The molecule has 5 aromatic rings. The number of nitrogens with one attached hydrogen (secondary N) is 2. The van der Waals surface area contributed by atoms with Gasteiger partial charge in [0.15, 0.2) is 6.61 Å². The van der Waals surface area contributed by atoms with Gasteiger partial charge in [0, 0.05) is 58.8 Å². The third-order valence-electron chi connectivity index (χ3n) is 8.48. The first-order chi connectivity index (χ1) is 23.8. The van der Waals surface area contributed by atoms with Crippen LogP contribution < -0.4 is 25.1 Å². The van der Waals surface area contributed by atoms with E-state index in [2.05, 4.69) is 62.2 Å². The SMILES string of the molecule is COc1ccc(C2Sc3ccccc3-n3c(CN(C)CCNC(=O)COc4ccc(-c5cc(C#N)c(=O)[nH]c5C)cc4)ccc32)c(OC)c1. The molecule has 0 aliphatic carbocycles. The van der Waals surface area contributed by atoms with E-state index in [1.54, 1.807) is 39.3 Å². The highest BCUT2D eigenvalue weighted by atomic mass is 32.2. The van der Waals surface area contributed by atoms with Gasteiger partial charge in [-0.15, -0.1) is 11.8 Å². The Kier molecular flexibility index (Phi) is 10.1. The number of aromatic nitrogens is 2. The summed E-state index contributed by atoms with van der Waals surface area (Å²) >= 11 is 1.81. The molecule has 1 atom stereocenters. The molecule has 49 heavy (non-hydrogen) atoms. The van der Waals surface area contributed by atoms with Crippen molar-refractivity contribution in [3.8, 4) is 40.1 Å². The molecule has 3 heterocycles. The fourth-order valence-corrected chi connectivity index (χ4v) is 7.30. The minimum absolute atomic E-state index is 0.0368. The van der Waals surface area contributed by atoms with Crippen molar-refractivity contribution in [1.29, 1.82) is 5.26 Å². The van der Waals surface area contributed by atoms with Crippen molar-refractivity contribution in [1.82, 2.24) is 19.8 Å². The van der Waals surface area contributed by atoms with Gasteiger partial charge in [0.25, 0.3) is 11.5 Å². The molecular formula is C38H37N5O5S. The predicted molar refractivity (Wildman–Crippen MR) is 190 cm³/mol. The van der Waals surface area contributed by atoms with E-state index in [1.165, 1.54) is 10.6 Å². The van der Waals surface area contributed by atoms with Crippen LogP contribution in [0.25, 0.3) is 16.8 Å². The quantitative estimate of drug-likeness (QED) is 0.169. The number of hydrogen-bond acceptors (Lipinski definition) is 8. The minimum atomic E-state index is -0.407. The van der Waals surface area contributed by atoms with Crippen LogP contribution >= 0.6 is 11.8 Å². The van der Waals surface area contributed by atoms with Gasteiger partial charge in [0.1, 0.15) is 28.9 Å². The Hall–Kier alpha value is -5.44. The molecule has 0 spiro atoms. The van der Waals surface area contributed by atoms with Crippen molar-refractivity contribution < 1.29 is 19.0 Å². The lowest BCUT2D eigenvalue weighted by atomic mass is 10.0. The van der Waals surface area contributed by atoms with Crippen LogP contribution in [0.1, 0.15) is 33.5 Å². The Morgan fingerprint density at radius 1 is 1.02 bits per heavy atom. The first-order valence-electron chi connectivity index (χ1n) is 15.8. The number of thioether (sulfide) groups is 1. The van der Waals surface area contributed by atoms with Crippen LogP contribution in [0.15, 0.2) is 94.6 Å². The molecule has 1 unspecified atom stereocenters. The van der Waals surface area contributed by atoms with Crippen molar-refractivity contribution >= 4 is 17.7 Å². The number of para-hydroxylation sites is 1. The maximum absolute atomic E-state index is 12.6. The molecule has 6 rings (SSSR count). The van der Waals surface area contributed by atoms with Gasteiger partial charge in [0.05, 0.1) is 25.2 Å². The molecule has 1 aliphatic rings. The molecule has 1 aliphatic heterocycles. The van der Waals surface area contributed by atoms with E-state index < -0.39 is 5.56 Å². The summed E-state index contributed by atoms with van der Waals surface area (Å²) in [5.74, 6) is 1.87. The van der Waals surface area contributed by atoms with Gasteiger partial charge in [0.2, 0.25) is 0 Å². The smallest absolute Gasteiger partial charge is 0.266 e. The van der Waals surface area contributed by atoms with Gasteiger partial charge in [-0.3, -0.25) is 14.5 Å². The van der Waals surface area contributed by atoms with Crippen LogP contribution in [-0.2, 0) is 11.3 Å². The van der Waals surface area contributed by atoms with E-state index in [-0.39, 0.29) is 23.3 Å². The zero-order chi connectivity index (χ0) is 34.5. The van der Waals surface area contributed by atoms with Crippen LogP contribution in [0.5, 0.6) is 17.2 Å². The zero-order valence-electron chi connectivity index (χ0n) is 27.8. The normalized spacial score (nSPS) is 13.3. The Morgan fingerprint density at radius 3 is 2.55 bits per heavy atom. The molecule has 1 amide bonds. The third kappa shape index (κ3) is 7.21. The first-order valence-corrected chi connectivity index (χ1v) is 16.7. The molecule has 2 N–H and O–H groups in total.